The highest BCUT2D eigenvalue weighted by atomic mass is 16.5. The van der Waals surface area contributed by atoms with Crippen LogP contribution in [0.2, 0.25) is 0 Å². The highest BCUT2D eigenvalue weighted by Gasteiger charge is 2.16. The van der Waals surface area contributed by atoms with Crippen molar-refractivity contribution in [3.63, 3.8) is 0 Å². The third-order valence-corrected chi connectivity index (χ3v) is 5.50. The highest BCUT2D eigenvalue weighted by molar-refractivity contribution is 6.20. The van der Waals surface area contributed by atoms with Crippen molar-refractivity contribution in [1.82, 2.24) is 0 Å². The smallest absolute Gasteiger partial charge is 0.336 e. The molecule has 0 saturated carbocycles. The van der Waals surface area contributed by atoms with Gasteiger partial charge in [0.25, 0.3) is 0 Å². The van der Waals surface area contributed by atoms with Crippen molar-refractivity contribution >= 4 is 49.1 Å². The van der Waals surface area contributed by atoms with E-state index in [0.29, 0.717) is 16.3 Å². The van der Waals surface area contributed by atoms with Crippen LogP contribution >= 0.6 is 0 Å². The first-order valence-electron chi connectivity index (χ1n) is 9.27. The molecule has 0 bridgehead atoms. The molecule has 0 spiro atoms. The summed E-state index contributed by atoms with van der Waals surface area (Å²) in [7, 11) is 3.25. The predicted molar refractivity (Wildman–Crippen MR) is 117 cm³/mol. The van der Waals surface area contributed by atoms with Gasteiger partial charge in [-0.15, -0.1) is 0 Å². The molecule has 5 aromatic carbocycles. The Bertz CT molecular complexity index is 1350. The zero-order chi connectivity index (χ0) is 20.1. The van der Waals surface area contributed by atoms with Gasteiger partial charge in [-0.05, 0) is 97.7 Å². The van der Waals surface area contributed by atoms with Gasteiger partial charge in [0.2, 0.25) is 0 Å². The summed E-state index contributed by atoms with van der Waals surface area (Å²) in [6, 6.07) is 21.7. The summed E-state index contributed by atoms with van der Waals surface area (Å²) in [5, 5.41) is 17.3. The van der Waals surface area contributed by atoms with Crippen LogP contribution in [0, 0.1) is 0 Å². The fourth-order valence-corrected chi connectivity index (χ4v) is 4.06. The second-order valence-corrected chi connectivity index (χ2v) is 7.13. The number of methoxy groups -OCH3 is 2. The maximum Gasteiger partial charge on any atom is 0.336 e. The van der Waals surface area contributed by atoms with Crippen molar-refractivity contribution in [1.29, 1.82) is 0 Å². The molecule has 0 aliphatic rings. The molecule has 0 amide bonds. The Labute approximate surface area is 166 Å². The van der Waals surface area contributed by atoms with Crippen molar-refractivity contribution in [2.24, 2.45) is 0 Å². The van der Waals surface area contributed by atoms with E-state index in [4.69, 9.17) is 9.47 Å². The average molecular weight is 382 g/mol. The third-order valence-electron chi connectivity index (χ3n) is 5.50. The van der Waals surface area contributed by atoms with Crippen LogP contribution in [-0.4, -0.2) is 25.3 Å². The number of hydrogen-bond acceptors (Lipinski definition) is 3. The second-order valence-electron chi connectivity index (χ2n) is 7.13. The first kappa shape index (κ1) is 17.3. The molecule has 0 aromatic heterocycles. The zero-order valence-corrected chi connectivity index (χ0v) is 16.0. The highest BCUT2D eigenvalue weighted by Crippen LogP contribution is 2.35. The maximum absolute atomic E-state index is 12.3. The molecular weight excluding hydrogens is 364 g/mol. The number of ether oxygens (including phenoxy) is 2. The monoisotopic (exact) mass is 382 g/mol. The summed E-state index contributed by atoms with van der Waals surface area (Å²) in [4.78, 5) is 12.3. The molecule has 0 aliphatic carbocycles. The molecule has 1 N–H and O–H groups in total. The fourth-order valence-electron chi connectivity index (χ4n) is 4.06. The molecule has 29 heavy (non-hydrogen) atoms. The Hall–Kier alpha value is -3.79. The maximum atomic E-state index is 12.3. The molecule has 4 nitrogen and oxygen atoms in total. The number of hydrogen-bond donors (Lipinski definition) is 1. The molecule has 5 aromatic rings. The van der Waals surface area contributed by atoms with E-state index >= 15 is 0 Å². The molecule has 0 unspecified atom stereocenters. The average Bonchev–Trinajstić information content (AvgIpc) is 2.73. The normalized spacial score (nSPS) is 11.4. The van der Waals surface area contributed by atoms with Gasteiger partial charge in [-0.3, -0.25) is 0 Å². The molecule has 0 heterocycles. The summed E-state index contributed by atoms with van der Waals surface area (Å²) in [5.41, 5.74) is 0.312. The summed E-state index contributed by atoms with van der Waals surface area (Å²) in [6.07, 6.45) is 0. The van der Waals surface area contributed by atoms with E-state index in [1.54, 1.807) is 14.2 Å². The van der Waals surface area contributed by atoms with Gasteiger partial charge in [-0.25, -0.2) is 4.79 Å². The molecule has 142 valence electrons. The van der Waals surface area contributed by atoms with Crippen LogP contribution in [0.5, 0.6) is 11.5 Å². The third kappa shape index (κ3) is 2.72. The Morgan fingerprint density at radius 1 is 0.621 bits per heavy atom. The van der Waals surface area contributed by atoms with Gasteiger partial charge in [0.05, 0.1) is 19.8 Å². The minimum Gasteiger partial charge on any atom is -0.497 e. The first-order valence-corrected chi connectivity index (χ1v) is 9.27. The number of carbonyl (C=O) groups is 1. The van der Waals surface area contributed by atoms with E-state index in [1.165, 1.54) is 0 Å². The van der Waals surface area contributed by atoms with Gasteiger partial charge < -0.3 is 14.6 Å². The lowest BCUT2D eigenvalue weighted by Gasteiger charge is -2.12. The SMILES string of the molecule is COc1ccc2cc3cc4cc5ccc(OC)cc5cc4c(C(=O)O)c3cc2c1. The van der Waals surface area contributed by atoms with Crippen molar-refractivity contribution in [2.75, 3.05) is 14.2 Å². The molecule has 0 atom stereocenters. The standard InChI is InChI=1S/C25H18O4/c1-28-20-5-3-14-7-18-9-19-8-15-4-6-21(29-2)11-17(15)13-23(19)24(25(26)27)22(18)12-16(14)10-20/h3-13H,1-2H3,(H,26,27). The van der Waals surface area contributed by atoms with Crippen LogP contribution < -0.4 is 9.47 Å². The van der Waals surface area contributed by atoms with E-state index in [0.717, 1.165) is 43.8 Å². The second kappa shape index (κ2) is 6.38. The van der Waals surface area contributed by atoms with Crippen molar-refractivity contribution < 1.29 is 19.4 Å². The number of rotatable bonds is 3. The van der Waals surface area contributed by atoms with Crippen LogP contribution in [-0.2, 0) is 0 Å². The largest absolute Gasteiger partial charge is 0.497 e. The summed E-state index contributed by atoms with van der Waals surface area (Å²) < 4.78 is 10.6. The summed E-state index contributed by atoms with van der Waals surface area (Å²) in [6.45, 7) is 0. The summed E-state index contributed by atoms with van der Waals surface area (Å²) in [5.74, 6) is 0.547. The van der Waals surface area contributed by atoms with Gasteiger partial charge in [-0.2, -0.15) is 0 Å². The number of carboxylic acid groups (broad SMARTS) is 1. The quantitative estimate of drug-likeness (QED) is 0.388. The van der Waals surface area contributed by atoms with E-state index in [9.17, 15) is 9.90 Å². The Morgan fingerprint density at radius 2 is 1.07 bits per heavy atom. The molecular formula is C25H18O4. The van der Waals surface area contributed by atoms with Gasteiger partial charge >= 0.3 is 5.97 Å². The Balaban J connectivity index is 1.92. The van der Waals surface area contributed by atoms with Crippen LogP contribution in [0.1, 0.15) is 10.4 Å². The Kier molecular flexibility index (Phi) is 3.81. The van der Waals surface area contributed by atoms with E-state index < -0.39 is 5.97 Å². The number of fused-ring (bicyclic) bond motifs is 4. The molecule has 0 saturated heterocycles. The first-order chi connectivity index (χ1) is 14.1. The van der Waals surface area contributed by atoms with Gasteiger partial charge in [0.15, 0.2) is 0 Å². The van der Waals surface area contributed by atoms with Crippen LogP contribution in [0.25, 0.3) is 43.1 Å². The van der Waals surface area contributed by atoms with Crippen LogP contribution in [0.15, 0.2) is 66.7 Å². The van der Waals surface area contributed by atoms with Crippen molar-refractivity contribution in [3.05, 3.63) is 72.3 Å². The molecule has 4 heteroatoms. The summed E-state index contributed by atoms with van der Waals surface area (Å²) >= 11 is 0. The molecule has 5 rings (SSSR count). The van der Waals surface area contributed by atoms with Crippen LogP contribution in [0.3, 0.4) is 0 Å². The fraction of sp³-hybridized carbons (Fsp3) is 0.0800. The van der Waals surface area contributed by atoms with Crippen molar-refractivity contribution in [3.8, 4) is 11.5 Å². The molecule has 0 aliphatic heterocycles. The number of carboxylic acids is 1. The minimum absolute atomic E-state index is 0.312. The molecule has 0 fully saturated rings. The van der Waals surface area contributed by atoms with E-state index in [1.807, 2.05) is 60.7 Å². The van der Waals surface area contributed by atoms with E-state index in [2.05, 4.69) is 6.07 Å². The van der Waals surface area contributed by atoms with Gasteiger partial charge in [0.1, 0.15) is 11.5 Å². The topological polar surface area (TPSA) is 55.8 Å². The lowest BCUT2D eigenvalue weighted by Crippen LogP contribution is -2.00. The zero-order valence-electron chi connectivity index (χ0n) is 16.0. The number of benzene rings is 5. The lowest BCUT2D eigenvalue weighted by molar-refractivity contribution is 0.0701. The van der Waals surface area contributed by atoms with Crippen molar-refractivity contribution in [2.45, 2.75) is 0 Å². The molecule has 0 radical (unpaired) electrons. The van der Waals surface area contributed by atoms with Gasteiger partial charge in [-0.1, -0.05) is 12.1 Å². The van der Waals surface area contributed by atoms with E-state index in [-0.39, 0.29) is 0 Å². The van der Waals surface area contributed by atoms with Crippen LogP contribution in [0.4, 0.5) is 0 Å². The van der Waals surface area contributed by atoms with Gasteiger partial charge in [0, 0.05) is 0 Å². The minimum atomic E-state index is -0.940. The lowest BCUT2D eigenvalue weighted by atomic mass is 9.92. The predicted octanol–water partition coefficient (Wildman–Crippen LogP) is 6.01. The number of aromatic carboxylic acids is 1. The Morgan fingerprint density at radius 3 is 1.48 bits per heavy atom.